The zero-order valence-electron chi connectivity index (χ0n) is 6.93. The Morgan fingerprint density at radius 3 is 2.70 bits per heavy atom. The molecule has 0 aromatic heterocycles. The van der Waals surface area contributed by atoms with Gasteiger partial charge in [0.15, 0.2) is 0 Å². The molecule has 0 amide bonds. The van der Waals surface area contributed by atoms with E-state index in [1.165, 1.54) is 6.42 Å². The predicted octanol–water partition coefficient (Wildman–Crippen LogP) is 0.864. The van der Waals surface area contributed by atoms with E-state index in [-0.39, 0.29) is 0 Å². The first-order valence-corrected chi connectivity index (χ1v) is 4.24. The minimum Gasteiger partial charge on any atom is -0.328 e. The van der Waals surface area contributed by atoms with Gasteiger partial charge in [-0.1, -0.05) is 6.92 Å². The molecule has 0 spiro atoms. The Hall–Kier alpha value is -0.0800. The van der Waals surface area contributed by atoms with Crippen LogP contribution < -0.4 is 11.1 Å². The normalized spacial score (nSPS) is 41.7. The molecule has 1 fully saturated rings. The Kier molecular flexibility index (Phi) is 2.69. The van der Waals surface area contributed by atoms with Crippen LogP contribution in [0.5, 0.6) is 0 Å². The van der Waals surface area contributed by atoms with Crippen LogP contribution in [0.2, 0.25) is 0 Å². The Bertz CT molecular complexity index is 93.4. The summed E-state index contributed by atoms with van der Waals surface area (Å²) >= 11 is 0. The van der Waals surface area contributed by atoms with Gasteiger partial charge in [-0.2, -0.15) is 0 Å². The van der Waals surface area contributed by atoms with E-state index in [1.54, 1.807) is 0 Å². The standard InChI is InChI=1S/C8H18N2/c1-3-8-5-7(9)4-6(2)10-8/h6-8,10H,3-5,9H2,1-2H3. The molecule has 1 aliphatic heterocycles. The van der Waals surface area contributed by atoms with Crippen molar-refractivity contribution in [1.29, 1.82) is 0 Å². The molecule has 3 unspecified atom stereocenters. The molecule has 0 saturated carbocycles. The van der Waals surface area contributed by atoms with Crippen LogP contribution in [0.1, 0.15) is 33.1 Å². The Balaban J connectivity index is 2.35. The summed E-state index contributed by atoms with van der Waals surface area (Å²) in [6.45, 7) is 4.42. The van der Waals surface area contributed by atoms with Crippen LogP contribution in [-0.4, -0.2) is 18.1 Å². The number of nitrogens with one attached hydrogen (secondary N) is 1. The fourth-order valence-electron chi connectivity index (χ4n) is 1.74. The van der Waals surface area contributed by atoms with Gasteiger partial charge in [-0.25, -0.2) is 0 Å². The molecule has 0 aromatic carbocycles. The number of hydrogen-bond acceptors (Lipinski definition) is 2. The van der Waals surface area contributed by atoms with Crippen molar-refractivity contribution in [3.8, 4) is 0 Å². The van der Waals surface area contributed by atoms with Gasteiger partial charge in [0.2, 0.25) is 0 Å². The lowest BCUT2D eigenvalue weighted by atomic mass is 9.94. The number of rotatable bonds is 1. The fraction of sp³-hybridized carbons (Fsp3) is 1.00. The summed E-state index contributed by atoms with van der Waals surface area (Å²) in [5.74, 6) is 0. The predicted molar refractivity (Wildman–Crippen MR) is 43.9 cm³/mol. The minimum atomic E-state index is 0.432. The van der Waals surface area contributed by atoms with E-state index in [2.05, 4.69) is 19.2 Å². The van der Waals surface area contributed by atoms with E-state index in [4.69, 9.17) is 5.73 Å². The number of hydrogen-bond donors (Lipinski definition) is 2. The summed E-state index contributed by atoms with van der Waals surface area (Å²) in [5, 5.41) is 3.52. The Morgan fingerprint density at radius 2 is 2.20 bits per heavy atom. The molecule has 2 nitrogen and oxygen atoms in total. The van der Waals surface area contributed by atoms with E-state index in [9.17, 15) is 0 Å². The van der Waals surface area contributed by atoms with E-state index < -0.39 is 0 Å². The largest absolute Gasteiger partial charge is 0.328 e. The summed E-state index contributed by atoms with van der Waals surface area (Å²) in [6.07, 6.45) is 3.50. The van der Waals surface area contributed by atoms with Crippen molar-refractivity contribution in [3.05, 3.63) is 0 Å². The van der Waals surface area contributed by atoms with Gasteiger partial charge in [0.1, 0.15) is 0 Å². The lowest BCUT2D eigenvalue weighted by Gasteiger charge is -2.32. The molecule has 0 bridgehead atoms. The monoisotopic (exact) mass is 142 g/mol. The van der Waals surface area contributed by atoms with Crippen LogP contribution in [0, 0.1) is 0 Å². The second kappa shape index (κ2) is 3.35. The minimum absolute atomic E-state index is 0.432. The number of piperidine rings is 1. The van der Waals surface area contributed by atoms with Crippen molar-refractivity contribution in [2.45, 2.75) is 51.2 Å². The summed E-state index contributed by atoms with van der Waals surface area (Å²) < 4.78 is 0. The molecule has 1 saturated heterocycles. The molecule has 3 N–H and O–H groups in total. The van der Waals surface area contributed by atoms with Crippen molar-refractivity contribution in [3.63, 3.8) is 0 Å². The molecule has 0 aliphatic carbocycles. The van der Waals surface area contributed by atoms with Crippen molar-refractivity contribution < 1.29 is 0 Å². The highest BCUT2D eigenvalue weighted by molar-refractivity contribution is 4.83. The highest BCUT2D eigenvalue weighted by Crippen LogP contribution is 2.13. The molecule has 1 rings (SSSR count). The van der Waals surface area contributed by atoms with Crippen LogP contribution in [0.4, 0.5) is 0 Å². The van der Waals surface area contributed by atoms with Gasteiger partial charge in [-0.05, 0) is 26.2 Å². The maximum atomic E-state index is 5.85. The van der Waals surface area contributed by atoms with Gasteiger partial charge < -0.3 is 11.1 Å². The summed E-state index contributed by atoms with van der Waals surface area (Å²) in [5.41, 5.74) is 5.85. The van der Waals surface area contributed by atoms with Crippen molar-refractivity contribution >= 4 is 0 Å². The van der Waals surface area contributed by atoms with E-state index in [1.807, 2.05) is 0 Å². The molecule has 10 heavy (non-hydrogen) atoms. The van der Waals surface area contributed by atoms with Crippen LogP contribution in [0.25, 0.3) is 0 Å². The molecule has 60 valence electrons. The average molecular weight is 142 g/mol. The molecule has 2 heteroatoms. The van der Waals surface area contributed by atoms with Crippen LogP contribution in [0.3, 0.4) is 0 Å². The fourth-order valence-corrected chi connectivity index (χ4v) is 1.74. The molecular formula is C8H18N2. The highest BCUT2D eigenvalue weighted by atomic mass is 15.0. The maximum absolute atomic E-state index is 5.85. The van der Waals surface area contributed by atoms with Crippen LogP contribution >= 0.6 is 0 Å². The second-order valence-corrected chi connectivity index (χ2v) is 3.40. The first kappa shape index (κ1) is 8.02. The molecule has 0 radical (unpaired) electrons. The van der Waals surface area contributed by atoms with E-state index >= 15 is 0 Å². The molecule has 1 heterocycles. The summed E-state index contributed by atoms with van der Waals surface area (Å²) in [7, 11) is 0. The lowest BCUT2D eigenvalue weighted by Crippen LogP contribution is -2.48. The van der Waals surface area contributed by atoms with Gasteiger partial charge in [-0.15, -0.1) is 0 Å². The maximum Gasteiger partial charge on any atom is 0.00816 e. The van der Waals surface area contributed by atoms with Crippen molar-refractivity contribution in [1.82, 2.24) is 5.32 Å². The highest BCUT2D eigenvalue weighted by Gasteiger charge is 2.21. The average Bonchev–Trinajstić information content (AvgIpc) is 1.85. The van der Waals surface area contributed by atoms with Crippen molar-refractivity contribution in [2.75, 3.05) is 0 Å². The zero-order chi connectivity index (χ0) is 7.56. The Labute approximate surface area is 63.2 Å². The summed E-state index contributed by atoms with van der Waals surface area (Å²) in [4.78, 5) is 0. The quantitative estimate of drug-likeness (QED) is 0.570. The van der Waals surface area contributed by atoms with Gasteiger partial charge in [0.05, 0.1) is 0 Å². The van der Waals surface area contributed by atoms with Crippen molar-refractivity contribution in [2.24, 2.45) is 5.73 Å². The molecule has 1 aliphatic rings. The SMILES string of the molecule is CCC1CC(N)CC(C)N1. The molecule has 3 atom stereocenters. The first-order valence-electron chi connectivity index (χ1n) is 4.24. The lowest BCUT2D eigenvalue weighted by molar-refractivity contribution is 0.297. The summed E-state index contributed by atoms with van der Waals surface area (Å²) in [6, 6.07) is 1.72. The third kappa shape index (κ3) is 1.96. The van der Waals surface area contributed by atoms with Gasteiger partial charge in [0, 0.05) is 18.1 Å². The first-order chi connectivity index (χ1) is 4.72. The van der Waals surface area contributed by atoms with E-state index in [0.29, 0.717) is 18.1 Å². The van der Waals surface area contributed by atoms with Gasteiger partial charge in [-0.3, -0.25) is 0 Å². The molecule has 0 aromatic rings. The molecular weight excluding hydrogens is 124 g/mol. The zero-order valence-corrected chi connectivity index (χ0v) is 6.93. The third-order valence-corrected chi connectivity index (χ3v) is 2.26. The third-order valence-electron chi connectivity index (χ3n) is 2.26. The van der Waals surface area contributed by atoms with E-state index in [0.717, 1.165) is 12.8 Å². The topological polar surface area (TPSA) is 38.0 Å². The smallest absolute Gasteiger partial charge is 0.00816 e. The number of nitrogens with two attached hydrogens (primary N) is 1. The second-order valence-electron chi connectivity index (χ2n) is 3.40. The van der Waals surface area contributed by atoms with Crippen LogP contribution in [-0.2, 0) is 0 Å². The van der Waals surface area contributed by atoms with Gasteiger partial charge >= 0.3 is 0 Å². The van der Waals surface area contributed by atoms with Gasteiger partial charge in [0.25, 0.3) is 0 Å². The Morgan fingerprint density at radius 1 is 1.50 bits per heavy atom. The van der Waals surface area contributed by atoms with Crippen LogP contribution in [0.15, 0.2) is 0 Å².